The number of rotatable bonds is 6. The van der Waals surface area contributed by atoms with E-state index in [1.54, 1.807) is 24.3 Å². The first-order valence-corrected chi connectivity index (χ1v) is 10.5. The van der Waals surface area contributed by atoms with Crippen LogP contribution in [0.3, 0.4) is 0 Å². The fraction of sp³-hybridized carbons (Fsp3) is 0.176. The lowest BCUT2D eigenvalue weighted by molar-refractivity contribution is -0.120. The highest BCUT2D eigenvalue weighted by Crippen LogP contribution is 2.29. The first-order valence-electron chi connectivity index (χ1n) is 7.71. The highest BCUT2D eigenvalue weighted by molar-refractivity contribution is 7.99. The molecule has 0 atom stereocenters. The van der Waals surface area contributed by atoms with E-state index in [1.807, 2.05) is 12.1 Å². The van der Waals surface area contributed by atoms with Gasteiger partial charge in [0.2, 0.25) is 5.91 Å². The van der Waals surface area contributed by atoms with Gasteiger partial charge in [-0.1, -0.05) is 23.7 Å². The number of carbonyl (C=O) groups is 2. The van der Waals surface area contributed by atoms with Crippen LogP contribution in [0.4, 0.5) is 0 Å². The number of benzene rings is 2. The molecule has 0 spiro atoms. The Hall–Kier alpha value is -2.03. The maximum absolute atomic E-state index is 12.4. The molecule has 2 aromatic carbocycles. The Morgan fingerprint density at radius 3 is 2.50 bits per heavy atom. The molecule has 0 radical (unpaired) electrons. The van der Waals surface area contributed by atoms with E-state index in [0.29, 0.717) is 21.6 Å². The van der Waals surface area contributed by atoms with Crippen molar-refractivity contribution < 1.29 is 18.0 Å². The molecule has 0 fully saturated rings. The molecule has 1 N–H and O–H groups in total. The molecule has 9 heteroatoms. The topological polar surface area (TPSA) is 83.6 Å². The van der Waals surface area contributed by atoms with Gasteiger partial charge < -0.3 is 5.32 Å². The van der Waals surface area contributed by atoms with Crippen molar-refractivity contribution in [3.63, 3.8) is 0 Å². The summed E-state index contributed by atoms with van der Waals surface area (Å²) in [6.45, 7) is -0.178. The van der Waals surface area contributed by atoms with Gasteiger partial charge in [-0.3, -0.25) is 9.59 Å². The van der Waals surface area contributed by atoms with Gasteiger partial charge in [-0.05, 0) is 36.4 Å². The molecule has 0 aromatic heterocycles. The quantitative estimate of drug-likeness (QED) is 0.584. The molecule has 0 saturated heterocycles. The minimum Gasteiger partial charge on any atom is -0.354 e. The summed E-state index contributed by atoms with van der Waals surface area (Å²) in [4.78, 5) is 25.2. The van der Waals surface area contributed by atoms with Crippen LogP contribution in [0.1, 0.15) is 10.4 Å². The lowest BCUT2D eigenvalue weighted by Gasteiger charge is -2.14. The number of amides is 2. The number of fused-ring (bicyclic) bond motifs is 1. The van der Waals surface area contributed by atoms with E-state index >= 15 is 0 Å². The Morgan fingerprint density at radius 2 is 1.81 bits per heavy atom. The minimum atomic E-state index is -3.96. The molecule has 1 aliphatic heterocycles. The summed E-state index contributed by atoms with van der Waals surface area (Å²) in [6.07, 6.45) is 0. The van der Waals surface area contributed by atoms with Crippen LogP contribution in [-0.4, -0.2) is 43.4 Å². The van der Waals surface area contributed by atoms with Crippen molar-refractivity contribution in [3.8, 4) is 0 Å². The fourth-order valence-corrected chi connectivity index (χ4v) is 4.88. The van der Waals surface area contributed by atoms with E-state index in [9.17, 15) is 18.0 Å². The molecule has 0 unspecified atom stereocenters. The summed E-state index contributed by atoms with van der Waals surface area (Å²) in [6, 6.07) is 13.3. The number of hydrogen-bond donors (Lipinski definition) is 1. The molecule has 136 valence electrons. The van der Waals surface area contributed by atoms with E-state index in [1.165, 1.54) is 23.9 Å². The second-order valence-corrected chi connectivity index (χ2v) is 8.90. The largest absolute Gasteiger partial charge is 0.354 e. The number of carbonyl (C=O) groups excluding carboxylic acids is 2. The fourth-order valence-electron chi connectivity index (χ4n) is 2.46. The van der Waals surface area contributed by atoms with Crippen LogP contribution in [-0.2, 0) is 14.8 Å². The molecule has 2 aromatic rings. The van der Waals surface area contributed by atoms with E-state index in [2.05, 4.69) is 5.32 Å². The molecule has 6 nitrogen and oxygen atoms in total. The second-order valence-electron chi connectivity index (χ2n) is 5.47. The van der Waals surface area contributed by atoms with E-state index in [-0.39, 0.29) is 10.5 Å². The molecule has 1 heterocycles. The number of sulfonamides is 1. The van der Waals surface area contributed by atoms with Gasteiger partial charge in [-0.15, -0.1) is 11.8 Å². The Morgan fingerprint density at radius 1 is 1.12 bits per heavy atom. The molecule has 26 heavy (non-hydrogen) atoms. The standard InChI is InChI=1S/C17H15ClN2O4S2/c18-12-5-7-13(8-6-12)25-10-9-19-16(21)11-20-17(22)14-3-1-2-4-15(14)26(20,23)24/h1-8H,9-11H2,(H,19,21). The van der Waals surface area contributed by atoms with Crippen molar-refractivity contribution in [2.75, 3.05) is 18.8 Å². The molecule has 0 aliphatic carbocycles. The molecule has 3 rings (SSSR count). The minimum absolute atomic E-state index is 0.0592. The zero-order chi connectivity index (χ0) is 18.7. The third kappa shape index (κ3) is 3.87. The van der Waals surface area contributed by atoms with Crippen molar-refractivity contribution in [1.29, 1.82) is 0 Å². The van der Waals surface area contributed by atoms with Gasteiger partial charge in [-0.25, -0.2) is 12.7 Å². The third-order valence-corrected chi connectivity index (χ3v) is 6.76. The SMILES string of the molecule is O=C(CN1C(=O)c2ccccc2S1(=O)=O)NCCSc1ccc(Cl)cc1. The highest BCUT2D eigenvalue weighted by atomic mass is 35.5. The summed E-state index contributed by atoms with van der Waals surface area (Å²) in [7, 11) is -3.96. The van der Waals surface area contributed by atoms with Crippen LogP contribution in [0.25, 0.3) is 0 Å². The Balaban J connectivity index is 1.52. The van der Waals surface area contributed by atoms with Crippen LogP contribution in [0.5, 0.6) is 0 Å². The van der Waals surface area contributed by atoms with E-state index in [0.717, 1.165) is 4.90 Å². The van der Waals surface area contributed by atoms with Gasteiger partial charge in [0, 0.05) is 22.2 Å². The van der Waals surface area contributed by atoms with Gasteiger partial charge in [0.25, 0.3) is 15.9 Å². The third-order valence-electron chi connectivity index (χ3n) is 3.71. The van der Waals surface area contributed by atoms with Gasteiger partial charge in [-0.2, -0.15) is 0 Å². The Kier molecular flexibility index (Phi) is 5.55. The molecule has 0 bridgehead atoms. The summed E-state index contributed by atoms with van der Waals surface area (Å²) >= 11 is 7.35. The van der Waals surface area contributed by atoms with Crippen molar-refractivity contribution in [1.82, 2.24) is 9.62 Å². The van der Waals surface area contributed by atoms with Crippen molar-refractivity contribution in [2.45, 2.75) is 9.79 Å². The Labute approximate surface area is 160 Å². The molecular weight excluding hydrogens is 396 g/mol. The van der Waals surface area contributed by atoms with E-state index in [4.69, 9.17) is 11.6 Å². The number of nitrogens with zero attached hydrogens (tertiary/aromatic N) is 1. The molecule has 0 saturated carbocycles. The van der Waals surface area contributed by atoms with Gasteiger partial charge in [0.05, 0.1) is 5.56 Å². The first-order chi connectivity index (χ1) is 12.4. The lowest BCUT2D eigenvalue weighted by atomic mass is 10.2. The monoisotopic (exact) mass is 410 g/mol. The van der Waals surface area contributed by atoms with Crippen molar-refractivity contribution in [3.05, 3.63) is 59.1 Å². The predicted molar refractivity (Wildman–Crippen MR) is 99.9 cm³/mol. The van der Waals surface area contributed by atoms with Crippen LogP contribution in [0.2, 0.25) is 5.02 Å². The molecule has 1 aliphatic rings. The van der Waals surface area contributed by atoms with Gasteiger partial charge in [0.15, 0.2) is 0 Å². The number of nitrogens with one attached hydrogen (secondary N) is 1. The summed E-state index contributed by atoms with van der Waals surface area (Å²) in [5.41, 5.74) is 0.0959. The van der Waals surface area contributed by atoms with Crippen LogP contribution >= 0.6 is 23.4 Å². The maximum atomic E-state index is 12.4. The maximum Gasteiger partial charge on any atom is 0.269 e. The summed E-state index contributed by atoms with van der Waals surface area (Å²) < 4.78 is 25.4. The second kappa shape index (κ2) is 7.69. The van der Waals surface area contributed by atoms with Crippen molar-refractivity contribution in [2.24, 2.45) is 0 Å². The van der Waals surface area contributed by atoms with Gasteiger partial charge in [0.1, 0.15) is 11.4 Å². The van der Waals surface area contributed by atoms with Crippen LogP contribution in [0, 0.1) is 0 Å². The van der Waals surface area contributed by atoms with Crippen molar-refractivity contribution >= 4 is 45.2 Å². The number of thioether (sulfide) groups is 1. The predicted octanol–water partition coefficient (Wildman–Crippen LogP) is 2.39. The highest BCUT2D eigenvalue weighted by Gasteiger charge is 2.41. The average molecular weight is 411 g/mol. The normalized spacial score (nSPS) is 15.0. The average Bonchev–Trinajstić information content (AvgIpc) is 2.81. The number of halogens is 1. The molecule has 2 amide bonds. The van der Waals surface area contributed by atoms with Crippen LogP contribution in [0.15, 0.2) is 58.3 Å². The van der Waals surface area contributed by atoms with Gasteiger partial charge >= 0.3 is 0 Å². The Bertz CT molecular complexity index is 945. The zero-order valence-electron chi connectivity index (χ0n) is 13.5. The first kappa shape index (κ1) is 18.8. The smallest absolute Gasteiger partial charge is 0.269 e. The summed E-state index contributed by atoms with van der Waals surface area (Å²) in [5, 5.41) is 3.29. The number of hydrogen-bond acceptors (Lipinski definition) is 5. The lowest BCUT2D eigenvalue weighted by Crippen LogP contribution is -2.40. The van der Waals surface area contributed by atoms with Crippen LogP contribution < -0.4 is 5.32 Å². The zero-order valence-corrected chi connectivity index (χ0v) is 15.9. The molecular formula is C17H15ClN2O4S2. The summed E-state index contributed by atoms with van der Waals surface area (Å²) in [5.74, 6) is -0.591. The van der Waals surface area contributed by atoms with E-state index < -0.39 is 28.4 Å².